The van der Waals surface area contributed by atoms with Gasteiger partial charge in [-0.3, -0.25) is 0 Å². The molecule has 0 radical (unpaired) electrons. The normalized spacial score (nSPS) is 27.3. The topological polar surface area (TPSA) is 29.5 Å². The van der Waals surface area contributed by atoms with Crippen molar-refractivity contribution in [3.8, 4) is 0 Å². The first kappa shape index (κ1) is 6.96. The van der Waals surface area contributed by atoms with E-state index in [2.05, 4.69) is 0 Å². The zero-order chi connectivity index (χ0) is 6.69. The van der Waals surface area contributed by atoms with Gasteiger partial charge in [0.25, 0.3) is 0 Å². The minimum atomic E-state index is -0.307. The Balaban J connectivity index is 2.49. The molecule has 0 saturated carbocycles. The van der Waals surface area contributed by atoms with E-state index in [1.807, 2.05) is 0 Å². The molecule has 3 heteroatoms. The summed E-state index contributed by atoms with van der Waals surface area (Å²) < 4.78 is 4.94. The summed E-state index contributed by atoms with van der Waals surface area (Å²) in [6.45, 7) is 0. The van der Waals surface area contributed by atoms with Gasteiger partial charge in [0.05, 0.1) is 19.0 Å². The third-order valence-corrected chi connectivity index (χ3v) is 2.24. The molecular formula is C6H10O2S. The summed E-state index contributed by atoms with van der Waals surface area (Å²) in [5, 5.41) is 9.03. The lowest BCUT2D eigenvalue weighted by molar-refractivity contribution is 0.228. The van der Waals surface area contributed by atoms with Crippen LogP contribution in [-0.4, -0.2) is 29.8 Å². The molecule has 0 amide bonds. The third kappa shape index (κ3) is 1.91. The predicted octanol–water partition coefficient (Wildman–Crippen LogP) is 0.624. The van der Waals surface area contributed by atoms with Crippen molar-refractivity contribution in [2.24, 2.45) is 0 Å². The van der Waals surface area contributed by atoms with E-state index in [4.69, 9.17) is 9.84 Å². The van der Waals surface area contributed by atoms with Crippen LogP contribution < -0.4 is 0 Å². The maximum atomic E-state index is 9.03. The molecule has 1 aliphatic rings. The fourth-order valence-corrected chi connectivity index (χ4v) is 1.59. The first-order chi connectivity index (χ1) is 4.33. The van der Waals surface area contributed by atoms with E-state index >= 15 is 0 Å². The monoisotopic (exact) mass is 146 g/mol. The molecule has 1 heterocycles. The van der Waals surface area contributed by atoms with Gasteiger partial charge in [0.1, 0.15) is 5.76 Å². The van der Waals surface area contributed by atoms with E-state index < -0.39 is 0 Å². The molecule has 0 saturated heterocycles. The summed E-state index contributed by atoms with van der Waals surface area (Å²) in [5.41, 5.74) is 0. The second-order valence-electron chi connectivity index (χ2n) is 1.92. The van der Waals surface area contributed by atoms with Gasteiger partial charge in [0.2, 0.25) is 0 Å². The fraction of sp³-hybridized carbons (Fsp3) is 0.667. The summed E-state index contributed by atoms with van der Waals surface area (Å²) >= 11 is 1.69. The summed E-state index contributed by atoms with van der Waals surface area (Å²) in [6.07, 6.45) is 1.45. The highest BCUT2D eigenvalue weighted by molar-refractivity contribution is 7.99. The van der Waals surface area contributed by atoms with Crippen molar-refractivity contribution in [1.29, 1.82) is 0 Å². The van der Waals surface area contributed by atoms with Crippen LogP contribution in [0.1, 0.15) is 0 Å². The van der Waals surface area contributed by atoms with Gasteiger partial charge in [-0.2, -0.15) is 11.8 Å². The van der Waals surface area contributed by atoms with Crippen molar-refractivity contribution in [2.75, 3.05) is 18.6 Å². The van der Waals surface area contributed by atoms with Crippen molar-refractivity contribution in [3.05, 3.63) is 11.8 Å². The molecule has 1 rings (SSSR count). The fourth-order valence-electron chi connectivity index (χ4n) is 0.718. The Hall–Kier alpha value is -0.150. The van der Waals surface area contributed by atoms with Crippen LogP contribution in [0.4, 0.5) is 0 Å². The SMILES string of the molecule is COC1=C[C@@H](O)CSC1. The highest BCUT2D eigenvalue weighted by atomic mass is 32.2. The van der Waals surface area contributed by atoms with E-state index in [9.17, 15) is 0 Å². The van der Waals surface area contributed by atoms with Crippen LogP contribution in [0, 0.1) is 0 Å². The second kappa shape index (κ2) is 3.13. The Morgan fingerprint density at radius 3 is 3.11 bits per heavy atom. The maximum absolute atomic E-state index is 9.03. The van der Waals surface area contributed by atoms with Gasteiger partial charge in [-0.05, 0) is 6.08 Å². The lowest BCUT2D eigenvalue weighted by Gasteiger charge is -2.14. The number of rotatable bonds is 1. The molecule has 0 unspecified atom stereocenters. The molecule has 52 valence electrons. The number of aliphatic hydroxyl groups is 1. The zero-order valence-electron chi connectivity index (χ0n) is 5.33. The van der Waals surface area contributed by atoms with E-state index in [1.54, 1.807) is 24.9 Å². The Labute approximate surface area is 58.9 Å². The first-order valence-electron chi connectivity index (χ1n) is 2.83. The van der Waals surface area contributed by atoms with Gasteiger partial charge in [-0.25, -0.2) is 0 Å². The Kier molecular flexibility index (Phi) is 2.42. The van der Waals surface area contributed by atoms with E-state index in [0.717, 1.165) is 17.3 Å². The first-order valence-corrected chi connectivity index (χ1v) is 3.99. The minimum absolute atomic E-state index is 0.307. The molecule has 0 aliphatic carbocycles. The van der Waals surface area contributed by atoms with Crippen molar-refractivity contribution in [1.82, 2.24) is 0 Å². The minimum Gasteiger partial charge on any atom is -0.500 e. The summed E-state index contributed by atoms with van der Waals surface area (Å²) in [6, 6.07) is 0. The van der Waals surface area contributed by atoms with E-state index in [-0.39, 0.29) is 6.10 Å². The maximum Gasteiger partial charge on any atom is 0.104 e. The number of hydrogen-bond acceptors (Lipinski definition) is 3. The van der Waals surface area contributed by atoms with Crippen molar-refractivity contribution in [3.63, 3.8) is 0 Å². The van der Waals surface area contributed by atoms with Gasteiger partial charge in [0.15, 0.2) is 0 Å². The van der Waals surface area contributed by atoms with Gasteiger partial charge in [-0.1, -0.05) is 0 Å². The van der Waals surface area contributed by atoms with Crippen molar-refractivity contribution in [2.45, 2.75) is 6.10 Å². The number of hydrogen-bond donors (Lipinski definition) is 1. The van der Waals surface area contributed by atoms with Crippen molar-refractivity contribution < 1.29 is 9.84 Å². The van der Waals surface area contributed by atoms with Crippen LogP contribution in [0.3, 0.4) is 0 Å². The molecule has 0 spiro atoms. The molecule has 0 aromatic carbocycles. The molecule has 1 N–H and O–H groups in total. The Bertz CT molecular complexity index is 122. The molecule has 2 nitrogen and oxygen atoms in total. The van der Waals surface area contributed by atoms with Crippen LogP contribution in [-0.2, 0) is 4.74 Å². The van der Waals surface area contributed by atoms with Gasteiger partial charge >= 0.3 is 0 Å². The van der Waals surface area contributed by atoms with Crippen LogP contribution in [0.2, 0.25) is 0 Å². The molecule has 0 aromatic heterocycles. The van der Waals surface area contributed by atoms with Crippen LogP contribution in [0.15, 0.2) is 11.8 Å². The molecule has 1 aliphatic heterocycles. The average molecular weight is 146 g/mol. The highest BCUT2D eigenvalue weighted by Crippen LogP contribution is 2.16. The third-order valence-electron chi connectivity index (χ3n) is 1.17. The molecule has 0 aromatic rings. The number of ether oxygens (including phenoxy) is 1. The van der Waals surface area contributed by atoms with Gasteiger partial charge < -0.3 is 9.84 Å². The molecule has 9 heavy (non-hydrogen) atoms. The van der Waals surface area contributed by atoms with Gasteiger partial charge in [0, 0.05) is 5.75 Å². The van der Waals surface area contributed by atoms with E-state index in [0.29, 0.717) is 0 Å². The summed E-state index contributed by atoms with van der Waals surface area (Å²) in [4.78, 5) is 0. The number of aliphatic hydroxyl groups excluding tert-OH is 1. The van der Waals surface area contributed by atoms with E-state index in [1.165, 1.54) is 0 Å². The van der Waals surface area contributed by atoms with Crippen molar-refractivity contribution >= 4 is 11.8 Å². The average Bonchev–Trinajstić information content (AvgIpc) is 1.88. The quantitative estimate of drug-likeness (QED) is 0.588. The van der Waals surface area contributed by atoms with Crippen LogP contribution in [0.25, 0.3) is 0 Å². The molecule has 0 fully saturated rings. The number of thioether (sulfide) groups is 1. The van der Waals surface area contributed by atoms with Gasteiger partial charge in [-0.15, -0.1) is 0 Å². The number of methoxy groups -OCH3 is 1. The summed E-state index contributed by atoms with van der Waals surface area (Å²) in [7, 11) is 1.63. The smallest absolute Gasteiger partial charge is 0.104 e. The highest BCUT2D eigenvalue weighted by Gasteiger charge is 2.10. The zero-order valence-corrected chi connectivity index (χ0v) is 6.15. The molecule has 0 bridgehead atoms. The lowest BCUT2D eigenvalue weighted by atomic mass is 10.3. The molecule has 1 atom stereocenters. The largest absolute Gasteiger partial charge is 0.500 e. The Morgan fingerprint density at radius 1 is 1.89 bits per heavy atom. The standard InChI is InChI=1S/C6H10O2S/c1-8-6-2-5(7)3-9-4-6/h2,5,7H,3-4H2,1H3/t5-/m1/s1. The lowest BCUT2D eigenvalue weighted by Crippen LogP contribution is -2.13. The Morgan fingerprint density at radius 2 is 2.67 bits per heavy atom. The van der Waals surface area contributed by atoms with Crippen LogP contribution in [0.5, 0.6) is 0 Å². The second-order valence-corrected chi connectivity index (χ2v) is 2.95. The summed E-state index contributed by atoms with van der Waals surface area (Å²) in [5.74, 6) is 2.58. The predicted molar refractivity (Wildman–Crippen MR) is 38.4 cm³/mol. The van der Waals surface area contributed by atoms with Crippen LogP contribution >= 0.6 is 11.8 Å². The molecular weight excluding hydrogens is 136 g/mol.